The molecule has 1 fully saturated rings. The molecule has 1 saturated carbocycles. The lowest BCUT2D eigenvalue weighted by atomic mass is 10.1. The average Bonchev–Trinajstić information content (AvgIpc) is 2.52. The van der Waals surface area contributed by atoms with Gasteiger partial charge in [-0.25, -0.2) is 0 Å². The first-order valence-corrected chi connectivity index (χ1v) is 6.22. The lowest BCUT2D eigenvalue weighted by molar-refractivity contribution is -0.113. The van der Waals surface area contributed by atoms with E-state index >= 15 is 0 Å². The van der Waals surface area contributed by atoms with Gasteiger partial charge in [-0.15, -0.1) is 0 Å². The Morgan fingerprint density at radius 2 is 2.00 bits per heavy atom. The van der Waals surface area contributed by atoms with Crippen LogP contribution in [0.2, 0.25) is 0 Å². The van der Waals surface area contributed by atoms with Gasteiger partial charge in [0.05, 0.1) is 3.39 Å². The van der Waals surface area contributed by atoms with Gasteiger partial charge in [0.15, 0.2) is 0 Å². The summed E-state index contributed by atoms with van der Waals surface area (Å²) < 4.78 is 0.883. The largest absolute Gasteiger partial charge is 0.281 e. The van der Waals surface area contributed by atoms with Crippen molar-refractivity contribution in [1.29, 1.82) is 0 Å². The van der Waals surface area contributed by atoms with E-state index in [4.69, 9.17) is 11.6 Å². The smallest absolute Gasteiger partial charge is 0.225 e. The van der Waals surface area contributed by atoms with Gasteiger partial charge in [0, 0.05) is 5.92 Å². The van der Waals surface area contributed by atoms with Crippen LogP contribution in [0.1, 0.15) is 13.8 Å². The standard InChI is InChI=1S/C10H11Br2ClO/c1-10(2)6(8(10)9(13)14)4-3-5-7(11)12/h3-6,8H,1-2H3/t6-,8+/m1/s1. The maximum Gasteiger partial charge on any atom is 0.225 e. The van der Waals surface area contributed by atoms with Crippen molar-refractivity contribution in [2.24, 2.45) is 17.3 Å². The number of rotatable bonds is 3. The van der Waals surface area contributed by atoms with E-state index < -0.39 is 0 Å². The fourth-order valence-corrected chi connectivity index (χ4v) is 2.44. The molecule has 4 heteroatoms. The van der Waals surface area contributed by atoms with Crippen LogP contribution in [0, 0.1) is 17.3 Å². The summed E-state index contributed by atoms with van der Waals surface area (Å²) in [5.74, 6) is 0.242. The molecule has 0 bridgehead atoms. The van der Waals surface area contributed by atoms with Crippen molar-refractivity contribution < 1.29 is 4.79 Å². The number of carbonyl (C=O) groups is 1. The Morgan fingerprint density at radius 1 is 1.43 bits per heavy atom. The Balaban J connectivity index is 2.62. The van der Waals surface area contributed by atoms with Gasteiger partial charge in [0.2, 0.25) is 5.24 Å². The molecule has 78 valence electrons. The fourth-order valence-electron chi connectivity index (χ4n) is 1.72. The molecular formula is C10H11Br2ClO. The SMILES string of the molecule is CC1(C)[C@H](C=CC=C(Br)Br)[C@H]1C(=O)Cl. The lowest BCUT2D eigenvalue weighted by Gasteiger charge is -1.95. The summed E-state index contributed by atoms with van der Waals surface area (Å²) in [6.07, 6.45) is 5.82. The van der Waals surface area contributed by atoms with Crippen LogP contribution in [0.4, 0.5) is 0 Å². The van der Waals surface area contributed by atoms with Gasteiger partial charge in [0.1, 0.15) is 0 Å². The molecule has 1 aliphatic carbocycles. The third-order valence-electron chi connectivity index (χ3n) is 2.70. The molecule has 14 heavy (non-hydrogen) atoms. The summed E-state index contributed by atoms with van der Waals surface area (Å²) in [6.45, 7) is 4.11. The van der Waals surface area contributed by atoms with E-state index in [-0.39, 0.29) is 22.5 Å². The number of hydrogen-bond acceptors (Lipinski definition) is 1. The Bertz CT molecular complexity index is 303. The Labute approximate surface area is 106 Å². The van der Waals surface area contributed by atoms with E-state index in [0.29, 0.717) is 0 Å². The second-order valence-corrected chi connectivity index (χ2v) is 7.12. The normalized spacial score (nSPS) is 28.9. The predicted molar refractivity (Wildman–Crippen MR) is 66.7 cm³/mol. The minimum atomic E-state index is -0.230. The summed E-state index contributed by atoms with van der Waals surface area (Å²) in [5.41, 5.74) is 0.0158. The Kier molecular flexibility index (Phi) is 4.01. The third-order valence-corrected chi connectivity index (χ3v) is 3.46. The van der Waals surface area contributed by atoms with E-state index in [2.05, 4.69) is 45.7 Å². The van der Waals surface area contributed by atoms with Gasteiger partial charge in [0.25, 0.3) is 0 Å². The molecular weight excluding hydrogens is 331 g/mol. The van der Waals surface area contributed by atoms with Crippen LogP contribution >= 0.6 is 43.5 Å². The topological polar surface area (TPSA) is 17.1 Å². The van der Waals surface area contributed by atoms with E-state index in [9.17, 15) is 4.79 Å². The highest BCUT2D eigenvalue weighted by Gasteiger charge is 2.59. The van der Waals surface area contributed by atoms with Gasteiger partial charge >= 0.3 is 0 Å². The number of allylic oxidation sites excluding steroid dienone is 3. The van der Waals surface area contributed by atoms with Crippen LogP contribution < -0.4 is 0 Å². The van der Waals surface area contributed by atoms with Crippen molar-refractivity contribution in [2.75, 3.05) is 0 Å². The van der Waals surface area contributed by atoms with Crippen molar-refractivity contribution in [1.82, 2.24) is 0 Å². The van der Waals surface area contributed by atoms with Crippen LogP contribution in [0.5, 0.6) is 0 Å². The van der Waals surface area contributed by atoms with Crippen molar-refractivity contribution in [2.45, 2.75) is 13.8 Å². The van der Waals surface area contributed by atoms with Crippen molar-refractivity contribution in [3.8, 4) is 0 Å². The Hall–Kier alpha value is 0.400. The molecule has 0 aliphatic heterocycles. The number of halogens is 3. The first-order valence-electron chi connectivity index (χ1n) is 4.26. The molecule has 0 N–H and O–H groups in total. The quantitative estimate of drug-likeness (QED) is 0.555. The maximum atomic E-state index is 11.0. The van der Waals surface area contributed by atoms with E-state index in [1.54, 1.807) is 0 Å². The molecule has 0 aromatic rings. The maximum absolute atomic E-state index is 11.0. The summed E-state index contributed by atoms with van der Waals surface area (Å²) in [4.78, 5) is 11.0. The second kappa shape index (κ2) is 4.50. The summed E-state index contributed by atoms with van der Waals surface area (Å²) in [5, 5.41) is -0.230. The second-order valence-electron chi connectivity index (χ2n) is 3.97. The van der Waals surface area contributed by atoms with Gasteiger partial charge in [-0.1, -0.05) is 26.0 Å². The Morgan fingerprint density at radius 3 is 2.36 bits per heavy atom. The predicted octanol–water partition coefficient (Wildman–Crippen LogP) is 4.21. The van der Waals surface area contributed by atoms with Crippen LogP contribution in [-0.2, 0) is 4.79 Å². The first-order chi connectivity index (χ1) is 6.37. The van der Waals surface area contributed by atoms with Crippen LogP contribution in [0.15, 0.2) is 21.6 Å². The molecule has 0 unspecified atom stereocenters. The zero-order valence-corrected chi connectivity index (χ0v) is 11.9. The van der Waals surface area contributed by atoms with Gasteiger partial charge < -0.3 is 0 Å². The number of carbonyl (C=O) groups excluding carboxylic acids is 1. The third kappa shape index (κ3) is 2.71. The molecule has 1 aliphatic rings. The molecule has 1 nitrogen and oxygen atoms in total. The monoisotopic (exact) mass is 340 g/mol. The van der Waals surface area contributed by atoms with Crippen LogP contribution in [-0.4, -0.2) is 5.24 Å². The molecule has 2 atom stereocenters. The summed E-state index contributed by atoms with van der Waals surface area (Å²) in [6, 6.07) is 0. The highest BCUT2D eigenvalue weighted by atomic mass is 79.9. The van der Waals surface area contributed by atoms with Crippen LogP contribution in [0.3, 0.4) is 0 Å². The molecule has 0 heterocycles. The zero-order valence-electron chi connectivity index (χ0n) is 7.93. The minimum absolute atomic E-state index is 0.0158. The summed E-state index contributed by atoms with van der Waals surface area (Å²) >= 11 is 12.0. The van der Waals surface area contributed by atoms with Crippen molar-refractivity contribution >= 4 is 48.7 Å². The molecule has 0 aromatic heterocycles. The molecule has 0 aromatic carbocycles. The molecule has 0 radical (unpaired) electrons. The van der Waals surface area contributed by atoms with Gasteiger partial charge in [-0.2, -0.15) is 0 Å². The molecule has 0 spiro atoms. The van der Waals surface area contributed by atoms with Crippen molar-refractivity contribution in [3.05, 3.63) is 21.6 Å². The average molecular weight is 342 g/mol. The van der Waals surface area contributed by atoms with E-state index in [1.807, 2.05) is 18.2 Å². The summed E-state index contributed by atoms with van der Waals surface area (Å²) in [7, 11) is 0. The van der Waals surface area contributed by atoms with Crippen LogP contribution in [0.25, 0.3) is 0 Å². The fraction of sp³-hybridized carbons (Fsp3) is 0.500. The lowest BCUT2D eigenvalue weighted by Crippen LogP contribution is -1.96. The van der Waals surface area contributed by atoms with Crippen molar-refractivity contribution in [3.63, 3.8) is 0 Å². The molecule has 0 amide bonds. The number of hydrogen-bond donors (Lipinski definition) is 0. The highest BCUT2D eigenvalue weighted by molar-refractivity contribution is 9.28. The van der Waals surface area contributed by atoms with E-state index in [1.165, 1.54) is 0 Å². The zero-order chi connectivity index (χ0) is 10.9. The van der Waals surface area contributed by atoms with Gasteiger partial charge in [-0.05, 0) is 60.9 Å². The first kappa shape index (κ1) is 12.5. The minimum Gasteiger partial charge on any atom is -0.281 e. The molecule has 0 saturated heterocycles. The molecule has 1 rings (SSSR count). The highest BCUT2D eigenvalue weighted by Crippen LogP contribution is 2.59. The van der Waals surface area contributed by atoms with E-state index in [0.717, 1.165) is 3.39 Å². The van der Waals surface area contributed by atoms with Gasteiger partial charge in [-0.3, -0.25) is 4.79 Å².